The van der Waals surface area contributed by atoms with Gasteiger partial charge in [-0.3, -0.25) is 4.79 Å². The maximum Gasteiger partial charge on any atom is 0.260 e. The number of carbonyl (C=O) groups excluding carboxylic acids is 1. The van der Waals surface area contributed by atoms with Gasteiger partial charge >= 0.3 is 0 Å². The van der Waals surface area contributed by atoms with E-state index in [1.165, 1.54) is 33.0 Å². The molecule has 4 aromatic rings. The van der Waals surface area contributed by atoms with Gasteiger partial charge in [0.1, 0.15) is 12.4 Å². The second-order valence-electron chi connectivity index (χ2n) is 10.7. The largest absolute Gasteiger partial charge is 0.484 e. The summed E-state index contributed by atoms with van der Waals surface area (Å²) < 4.78 is 13.7. The quantitative estimate of drug-likeness (QED) is 0.163. The van der Waals surface area contributed by atoms with Gasteiger partial charge in [0.2, 0.25) is 0 Å². The Bertz CT molecular complexity index is 1480. The van der Waals surface area contributed by atoms with Crippen LogP contribution in [0.3, 0.4) is 0 Å². The van der Waals surface area contributed by atoms with Gasteiger partial charge in [-0.1, -0.05) is 35.5 Å². The fraction of sp³-hybridized carbons (Fsp3) is 0.375. The molecule has 39 heavy (non-hydrogen) atoms. The van der Waals surface area contributed by atoms with E-state index in [4.69, 9.17) is 14.3 Å². The molecule has 6 nitrogen and oxygen atoms in total. The lowest BCUT2D eigenvalue weighted by Gasteiger charge is -2.32. The number of nitrogens with zero attached hydrogens (tertiary/aromatic N) is 2. The molecule has 1 saturated heterocycles. The van der Waals surface area contributed by atoms with Crippen LogP contribution in [0.2, 0.25) is 0 Å². The first-order chi connectivity index (χ1) is 19.1. The van der Waals surface area contributed by atoms with Crippen molar-refractivity contribution < 1.29 is 19.1 Å². The van der Waals surface area contributed by atoms with Crippen molar-refractivity contribution >= 4 is 43.1 Å². The van der Waals surface area contributed by atoms with E-state index in [1.54, 1.807) is 18.4 Å². The summed E-state index contributed by atoms with van der Waals surface area (Å²) >= 11 is 1.80. The summed E-state index contributed by atoms with van der Waals surface area (Å²) in [4.78, 5) is 20.4. The number of rotatable bonds is 10. The summed E-state index contributed by atoms with van der Waals surface area (Å²) in [6.45, 7) is 2.72. The molecule has 2 aliphatic rings. The zero-order valence-corrected chi connectivity index (χ0v) is 23.2. The summed E-state index contributed by atoms with van der Waals surface area (Å²) in [7, 11) is 1.68. The molecule has 1 aliphatic carbocycles. The van der Waals surface area contributed by atoms with Crippen LogP contribution in [0, 0.1) is 5.41 Å². The molecule has 0 N–H and O–H groups in total. The third kappa shape index (κ3) is 5.94. The highest BCUT2D eigenvalue weighted by atomic mass is 32.1. The van der Waals surface area contributed by atoms with Gasteiger partial charge in [-0.05, 0) is 78.6 Å². The van der Waals surface area contributed by atoms with Crippen molar-refractivity contribution in [1.29, 1.82) is 0 Å². The molecule has 1 spiro atoms. The number of piperidine rings is 1. The number of benzene rings is 3. The Kier molecular flexibility index (Phi) is 7.53. The van der Waals surface area contributed by atoms with Crippen LogP contribution in [-0.4, -0.2) is 49.9 Å². The minimum absolute atomic E-state index is 0.0687. The van der Waals surface area contributed by atoms with Gasteiger partial charge in [0.15, 0.2) is 6.61 Å². The van der Waals surface area contributed by atoms with Crippen LogP contribution in [0.1, 0.15) is 43.2 Å². The van der Waals surface area contributed by atoms with Crippen molar-refractivity contribution in [3.05, 3.63) is 77.9 Å². The molecule has 0 radical (unpaired) electrons. The lowest BCUT2D eigenvalue weighted by atomic mass is 9.94. The van der Waals surface area contributed by atoms with Gasteiger partial charge in [0, 0.05) is 46.8 Å². The Morgan fingerprint density at radius 1 is 0.949 bits per heavy atom. The van der Waals surface area contributed by atoms with E-state index in [9.17, 15) is 4.79 Å². The van der Waals surface area contributed by atoms with Crippen molar-refractivity contribution in [2.24, 2.45) is 10.6 Å². The lowest BCUT2D eigenvalue weighted by molar-refractivity contribution is -0.134. The number of fused-ring (bicyclic) bond motifs is 3. The Balaban J connectivity index is 1.06. The molecule has 0 unspecified atom stereocenters. The predicted octanol–water partition coefficient (Wildman–Crippen LogP) is 6.79. The lowest BCUT2D eigenvalue weighted by Crippen LogP contribution is -2.41. The summed E-state index contributed by atoms with van der Waals surface area (Å²) in [6, 6.07) is 22.6. The van der Waals surface area contributed by atoms with Crippen molar-refractivity contribution in [3.8, 4) is 5.75 Å². The van der Waals surface area contributed by atoms with E-state index >= 15 is 0 Å². The second-order valence-corrected chi connectivity index (χ2v) is 11.8. The minimum atomic E-state index is 0.0687. The summed E-state index contributed by atoms with van der Waals surface area (Å²) in [5.41, 5.74) is 3.39. The number of hydrogen-bond acceptors (Lipinski definition) is 6. The van der Waals surface area contributed by atoms with E-state index in [0.717, 1.165) is 42.8 Å². The molecule has 6 rings (SSSR count). The van der Waals surface area contributed by atoms with Crippen molar-refractivity contribution in [2.45, 2.75) is 38.7 Å². The number of ether oxygens (including phenoxy) is 2. The van der Waals surface area contributed by atoms with Crippen molar-refractivity contribution in [1.82, 2.24) is 4.90 Å². The molecule has 0 atom stereocenters. The topological polar surface area (TPSA) is 60.4 Å². The van der Waals surface area contributed by atoms with Crippen molar-refractivity contribution in [2.75, 3.05) is 33.4 Å². The summed E-state index contributed by atoms with van der Waals surface area (Å²) in [5, 5.41) is 7.03. The first-order valence-electron chi connectivity index (χ1n) is 13.7. The van der Waals surface area contributed by atoms with Crippen LogP contribution in [-0.2, 0) is 21.0 Å². The number of oxime groups is 1. The third-order valence-electron chi connectivity index (χ3n) is 8.08. The number of likely N-dealkylation sites (tertiary alicyclic amines) is 1. The Morgan fingerprint density at radius 2 is 1.72 bits per heavy atom. The van der Waals surface area contributed by atoms with E-state index in [1.807, 2.05) is 29.2 Å². The molecule has 1 aliphatic heterocycles. The standard InChI is InChI=1S/C32H34N2O4S/c1-36-19-12-28(33-38-21-23-6-11-27-26-4-2-3-5-29(26)39-30(27)20-23)24-7-9-25(10-8-24)37-22-31(35)34-17-15-32(13-14-32)16-18-34/h2-11,20H,12-19,21-22H2,1H3/b33-28-. The normalized spacial score (nSPS) is 16.6. The first-order valence-corrected chi connectivity index (χ1v) is 14.5. The molecule has 202 valence electrons. The Morgan fingerprint density at radius 3 is 2.49 bits per heavy atom. The molecule has 1 saturated carbocycles. The zero-order chi connectivity index (χ0) is 26.7. The molecular weight excluding hydrogens is 508 g/mol. The molecular formula is C32H34N2O4S. The van der Waals surface area contributed by atoms with Gasteiger partial charge in [-0.25, -0.2) is 0 Å². The van der Waals surface area contributed by atoms with Crippen LogP contribution in [0.25, 0.3) is 20.2 Å². The van der Waals surface area contributed by atoms with Crippen LogP contribution in [0.5, 0.6) is 5.75 Å². The van der Waals surface area contributed by atoms with Gasteiger partial charge in [0.05, 0.1) is 12.3 Å². The van der Waals surface area contributed by atoms with Gasteiger partial charge in [-0.15, -0.1) is 11.3 Å². The Labute approximate surface area is 233 Å². The molecule has 1 amide bonds. The molecule has 3 aromatic carbocycles. The van der Waals surface area contributed by atoms with Crippen molar-refractivity contribution in [3.63, 3.8) is 0 Å². The monoisotopic (exact) mass is 542 g/mol. The molecule has 2 heterocycles. The first kappa shape index (κ1) is 25.8. The maximum absolute atomic E-state index is 12.6. The van der Waals surface area contributed by atoms with Gasteiger partial charge < -0.3 is 19.2 Å². The number of hydrogen-bond donors (Lipinski definition) is 0. The molecule has 7 heteroatoms. The van der Waals surface area contributed by atoms with Crippen LogP contribution in [0.15, 0.2) is 71.9 Å². The van der Waals surface area contributed by atoms with E-state index in [-0.39, 0.29) is 12.5 Å². The summed E-state index contributed by atoms with van der Waals surface area (Å²) in [6.07, 6.45) is 5.57. The number of methoxy groups -OCH3 is 1. The number of carbonyl (C=O) groups is 1. The third-order valence-corrected chi connectivity index (χ3v) is 9.21. The fourth-order valence-electron chi connectivity index (χ4n) is 5.37. The van der Waals surface area contributed by atoms with Crippen LogP contribution >= 0.6 is 11.3 Å². The van der Waals surface area contributed by atoms with Crippen LogP contribution < -0.4 is 4.74 Å². The van der Waals surface area contributed by atoms with Gasteiger partial charge in [-0.2, -0.15) is 0 Å². The molecule has 1 aromatic heterocycles. The van der Waals surface area contributed by atoms with E-state index in [2.05, 4.69) is 47.6 Å². The number of amides is 1. The SMILES string of the molecule is COCC/C(=N/OCc1ccc2c(c1)sc1ccccc12)c1ccc(OCC(=O)N2CCC3(CC2)CC3)cc1. The molecule has 0 bridgehead atoms. The minimum Gasteiger partial charge on any atom is -0.484 e. The summed E-state index contributed by atoms with van der Waals surface area (Å²) in [5.74, 6) is 0.741. The fourth-order valence-corrected chi connectivity index (χ4v) is 6.54. The van der Waals surface area contributed by atoms with E-state index < -0.39 is 0 Å². The zero-order valence-electron chi connectivity index (χ0n) is 22.4. The highest BCUT2D eigenvalue weighted by molar-refractivity contribution is 7.25. The average Bonchev–Trinajstić information content (AvgIpc) is 3.62. The highest BCUT2D eigenvalue weighted by Gasteiger charge is 2.45. The van der Waals surface area contributed by atoms with Gasteiger partial charge in [0.25, 0.3) is 5.91 Å². The Hall–Kier alpha value is -3.42. The molecule has 2 fully saturated rings. The predicted molar refractivity (Wildman–Crippen MR) is 157 cm³/mol. The average molecular weight is 543 g/mol. The second kappa shape index (κ2) is 11.4. The maximum atomic E-state index is 12.6. The van der Waals surface area contributed by atoms with E-state index in [0.29, 0.717) is 30.8 Å². The highest BCUT2D eigenvalue weighted by Crippen LogP contribution is 2.53. The number of thiophene rings is 1. The smallest absolute Gasteiger partial charge is 0.260 e. The van der Waals surface area contributed by atoms with Crippen LogP contribution in [0.4, 0.5) is 0 Å².